The molecule has 0 saturated heterocycles. The third-order valence-electron chi connectivity index (χ3n) is 4.13. The van der Waals surface area contributed by atoms with Crippen LogP contribution in [-0.2, 0) is 32.3 Å². The predicted octanol–water partition coefficient (Wildman–Crippen LogP) is 5.79. The average Bonchev–Trinajstić information content (AvgIpc) is 2.73. The fourth-order valence-corrected chi connectivity index (χ4v) is 3.26. The maximum absolute atomic E-state index is 11.8. The van der Waals surface area contributed by atoms with Gasteiger partial charge in [0.1, 0.15) is 13.2 Å². The number of ether oxygens (including phenoxy) is 2. The van der Waals surface area contributed by atoms with E-state index in [4.69, 9.17) is 9.47 Å². The molecule has 28 heavy (non-hydrogen) atoms. The van der Waals surface area contributed by atoms with Crippen molar-refractivity contribution in [2.75, 3.05) is 10.7 Å². The fraction of sp³-hybridized carbons (Fsp3) is 0.364. The number of carbonyl (C=O) groups is 2. The van der Waals surface area contributed by atoms with Crippen LogP contribution in [0.2, 0.25) is 0 Å². The first-order valence-electron chi connectivity index (χ1n) is 9.25. The summed E-state index contributed by atoms with van der Waals surface area (Å²) in [6, 6.07) is 15.6. The topological polar surface area (TPSA) is 52.6 Å². The molecule has 0 unspecified atom stereocenters. The van der Waals surface area contributed by atoms with Crippen molar-refractivity contribution in [1.82, 2.24) is 0 Å². The van der Waals surface area contributed by atoms with Crippen LogP contribution in [0.15, 0.2) is 48.5 Å². The van der Waals surface area contributed by atoms with Gasteiger partial charge in [0, 0.05) is 23.5 Å². The number of carbonyl (C=O) groups excluding carboxylic acids is 2. The van der Waals surface area contributed by atoms with Crippen molar-refractivity contribution >= 4 is 43.8 Å². The van der Waals surface area contributed by atoms with Crippen LogP contribution < -0.4 is 0 Å². The zero-order chi connectivity index (χ0) is 20.2. The van der Waals surface area contributed by atoms with Gasteiger partial charge >= 0.3 is 11.9 Å². The highest BCUT2D eigenvalue weighted by Crippen LogP contribution is 2.28. The SMILES string of the molecule is O=C(CCCBr)OCc1ccccc1-c1ccccc1COC(=O)CCCBr. The van der Waals surface area contributed by atoms with E-state index < -0.39 is 0 Å². The highest BCUT2D eigenvalue weighted by molar-refractivity contribution is 9.09. The minimum absolute atomic E-state index is 0.205. The summed E-state index contributed by atoms with van der Waals surface area (Å²) in [5.74, 6) is -0.411. The van der Waals surface area contributed by atoms with Gasteiger partial charge in [-0.1, -0.05) is 80.4 Å². The molecule has 0 bridgehead atoms. The van der Waals surface area contributed by atoms with Crippen molar-refractivity contribution in [3.63, 3.8) is 0 Å². The van der Waals surface area contributed by atoms with Gasteiger partial charge in [-0.05, 0) is 35.1 Å². The number of hydrogen-bond acceptors (Lipinski definition) is 4. The molecule has 6 heteroatoms. The Morgan fingerprint density at radius 3 is 1.46 bits per heavy atom. The van der Waals surface area contributed by atoms with Gasteiger partial charge in [-0.2, -0.15) is 0 Å². The van der Waals surface area contributed by atoms with Crippen molar-refractivity contribution in [1.29, 1.82) is 0 Å². The Morgan fingerprint density at radius 1 is 0.679 bits per heavy atom. The van der Waals surface area contributed by atoms with Gasteiger partial charge in [0.15, 0.2) is 0 Å². The zero-order valence-electron chi connectivity index (χ0n) is 15.7. The first-order chi connectivity index (χ1) is 13.7. The van der Waals surface area contributed by atoms with Gasteiger partial charge in [-0.3, -0.25) is 9.59 Å². The van der Waals surface area contributed by atoms with Gasteiger partial charge in [0.05, 0.1) is 0 Å². The summed E-state index contributed by atoms with van der Waals surface area (Å²) >= 11 is 6.63. The second-order valence-electron chi connectivity index (χ2n) is 6.22. The van der Waals surface area contributed by atoms with E-state index in [1.807, 2.05) is 48.5 Å². The Morgan fingerprint density at radius 2 is 1.07 bits per heavy atom. The standard InChI is InChI=1S/C22H24Br2O4/c23-13-5-11-21(25)27-15-17-7-1-3-9-19(17)20-10-4-2-8-18(20)16-28-22(26)12-6-14-24/h1-4,7-10H,5-6,11-16H2. The van der Waals surface area contributed by atoms with Gasteiger partial charge < -0.3 is 9.47 Å². The molecule has 0 aliphatic carbocycles. The number of benzene rings is 2. The molecule has 0 saturated carbocycles. The molecule has 2 rings (SSSR count). The molecule has 0 aliphatic rings. The molecule has 4 nitrogen and oxygen atoms in total. The van der Waals surface area contributed by atoms with Crippen molar-refractivity contribution in [3.05, 3.63) is 59.7 Å². The summed E-state index contributed by atoms with van der Waals surface area (Å²) < 4.78 is 10.9. The maximum atomic E-state index is 11.8. The van der Waals surface area contributed by atoms with E-state index in [0.29, 0.717) is 12.8 Å². The van der Waals surface area contributed by atoms with Gasteiger partial charge in [0.2, 0.25) is 0 Å². The lowest BCUT2D eigenvalue weighted by Crippen LogP contribution is -2.07. The van der Waals surface area contributed by atoms with Crippen molar-refractivity contribution < 1.29 is 19.1 Å². The Bertz CT molecular complexity index is 711. The van der Waals surface area contributed by atoms with Crippen LogP contribution in [0.1, 0.15) is 36.8 Å². The first kappa shape index (κ1) is 22.6. The van der Waals surface area contributed by atoms with Crippen LogP contribution in [0.3, 0.4) is 0 Å². The molecule has 0 spiro atoms. The normalized spacial score (nSPS) is 10.5. The van der Waals surface area contributed by atoms with Crippen LogP contribution in [0, 0.1) is 0 Å². The zero-order valence-corrected chi connectivity index (χ0v) is 18.8. The molecule has 0 radical (unpaired) electrons. The molecule has 150 valence electrons. The summed E-state index contributed by atoms with van der Waals surface area (Å²) in [6.07, 6.45) is 2.30. The number of hydrogen-bond donors (Lipinski definition) is 0. The van der Waals surface area contributed by atoms with Crippen LogP contribution in [0.5, 0.6) is 0 Å². The van der Waals surface area contributed by atoms with Crippen molar-refractivity contribution in [2.24, 2.45) is 0 Å². The Kier molecular flexibility index (Phi) is 10.3. The molecule has 2 aromatic carbocycles. The summed E-state index contributed by atoms with van der Waals surface area (Å²) in [6.45, 7) is 0.438. The van der Waals surface area contributed by atoms with E-state index in [-0.39, 0.29) is 25.2 Å². The van der Waals surface area contributed by atoms with E-state index in [1.54, 1.807) is 0 Å². The molecular weight excluding hydrogens is 488 g/mol. The summed E-state index contributed by atoms with van der Waals surface area (Å²) in [4.78, 5) is 23.7. The van der Waals surface area contributed by atoms with E-state index in [9.17, 15) is 9.59 Å². The van der Waals surface area contributed by atoms with E-state index in [2.05, 4.69) is 31.9 Å². The first-order valence-corrected chi connectivity index (χ1v) is 11.5. The predicted molar refractivity (Wildman–Crippen MR) is 118 cm³/mol. The van der Waals surface area contributed by atoms with E-state index in [1.165, 1.54) is 0 Å². The Hall–Kier alpha value is -1.66. The summed E-state index contributed by atoms with van der Waals surface area (Å²) in [7, 11) is 0. The number of rotatable bonds is 11. The van der Waals surface area contributed by atoms with Crippen LogP contribution >= 0.6 is 31.9 Å². The Balaban J connectivity index is 2.12. The molecule has 2 aromatic rings. The fourth-order valence-electron chi connectivity index (χ4n) is 2.70. The van der Waals surface area contributed by atoms with E-state index >= 15 is 0 Å². The molecule has 0 aliphatic heterocycles. The van der Waals surface area contributed by atoms with Crippen LogP contribution in [0.4, 0.5) is 0 Å². The van der Waals surface area contributed by atoms with Gasteiger partial charge in [0.25, 0.3) is 0 Å². The summed E-state index contributed by atoms with van der Waals surface area (Å²) in [5, 5.41) is 1.56. The monoisotopic (exact) mass is 510 g/mol. The second-order valence-corrected chi connectivity index (χ2v) is 7.81. The van der Waals surface area contributed by atoms with Crippen LogP contribution in [0.25, 0.3) is 11.1 Å². The largest absolute Gasteiger partial charge is 0.461 e. The number of esters is 2. The minimum Gasteiger partial charge on any atom is -0.461 e. The molecular formula is C22H24Br2O4. The lowest BCUT2D eigenvalue weighted by Gasteiger charge is -2.14. The molecule has 0 fully saturated rings. The third-order valence-corrected chi connectivity index (χ3v) is 5.25. The quantitative estimate of drug-likeness (QED) is 0.283. The maximum Gasteiger partial charge on any atom is 0.306 e. The lowest BCUT2D eigenvalue weighted by atomic mass is 9.96. The smallest absolute Gasteiger partial charge is 0.306 e. The van der Waals surface area contributed by atoms with Crippen molar-refractivity contribution in [3.8, 4) is 11.1 Å². The minimum atomic E-state index is -0.205. The van der Waals surface area contributed by atoms with Crippen LogP contribution in [-0.4, -0.2) is 22.6 Å². The third kappa shape index (κ3) is 7.40. The van der Waals surface area contributed by atoms with E-state index in [0.717, 1.165) is 45.8 Å². The summed E-state index contributed by atoms with van der Waals surface area (Å²) in [5.41, 5.74) is 3.80. The van der Waals surface area contributed by atoms with Gasteiger partial charge in [-0.25, -0.2) is 0 Å². The highest BCUT2D eigenvalue weighted by Gasteiger charge is 2.12. The molecule has 0 atom stereocenters. The molecule has 0 aromatic heterocycles. The number of halogens is 2. The lowest BCUT2D eigenvalue weighted by molar-refractivity contribution is -0.145. The van der Waals surface area contributed by atoms with Gasteiger partial charge in [-0.15, -0.1) is 0 Å². The highest BCUT2D eigenvalue weighted by atomic mass is 79.9. The molecule has 0 N–H and O–H groups in total. The average molecular weight is 512 g/mol. The molecule has 0 amide bonds. The Labute approximate surface area is 182 Å². The van der Waals surface area contributed by atoms with Crippen molar-refractivity contribution in [2.45, 2.75) is 38.9 Å². The number of alkyl halides is 2. The molecule has 0 heterocycles. The second kappa shape index (κ2) is 12.7.